The maximum absolute atomic E-state index is 14.3. The minimum atomic E-state index is -1.22. The number of para-hydroxylation sites is 1. The van der Waals surface area contributed by atoms with Crippen molar-refractivity contribution >= 4 is 22.7 Å². The monoisotopic (exact) mass is 555 g/mol. The Labute approximate surface area is 238 Å². The molecule has 4 aromatic rings. The zero-order valence-corrected chi connectivity index (χ0v) is 23.6. The Balaban J connectivity index is 1.46. The molecule has 0 aliphatic carbocycles. The molecule has 7 nitrogen and oxygen atoms in total. The van der Waals surface area contributed by atoms with E-state index in [0.717, 1.165) is 39.7 Å². The van der Waals surface area contributed by atoms with Crippen molar-refractivity contribution in [1.29, 1.82) is 0 Å². The van der Waals surface area contributed by atoms with Crippen molar-refractivity contribution in [3.05, 3.63) is 94.9 Å². The molecule has 1 N–H and O–H groups in total. The highest BCUT2D eigenvalue weighted by Crippen LogP contribution is 2.49. The number of hydrogen-bond donors (Lipinski definition) is 1. The molecule has 6 rings (SSSR count). The van der Waals surface area contributed by atoms with E-state index in [1.165, 1.54) is 12.1 Å². The highest BCUT2D eigenvalue weighted by Gasteiger charge is 2.56. The van der Waals surface area contributed by atoms with Gasteiger partial charge in [0, 0.05) is 29.9 Å². The van der Waals surface area contributed by atoms with E-state index in [1.54, 1.807) is 21.9 Å². The Bertz CT molecular complexity index is 1610. The van der Waals surface area contributed by atoms with Crippen LogP contribution in [0.4, 0.5) is 4.39 Å². The smallest absolute Gasteiger partial charge is 0.255 e. The Morgan fingerprint density at radius 3 is 2.54 bits per heavy atom. The summed E-state index contributed by atoms with van der Waals surface area (Å²) in [7, 11) is 0. The highest BCUT2D eigenvalue weighted by molar-refractivity contribution is 6.01. The van der Waals surface area contributed by atoms with Gasteiger partial charge in [0.15, 0.2) is 17.0 Å². The summed E-state index contributed by atoms with van der Waals surface area (Å²) in [5.74, 6) is 0.542. The van der Waals surface area contributed by atoms with Crippen LogP contribution in [0.3, 0.4) is 0 Å². The lowest BCUT2D eigenvalue weighted by atomic mass is 9.76. The zero-order chi connectivity index (χ0) is 28.7. The summed E-state index contributed by atoms with van der Waals surface area (Å²) < 4.78 is 25.4. The molecule has 212 valence electrons. The summed E-state index contributed by atoms with van der Waals surface area (Å²) in [6.07, 6.45) is 0.885. The molecule has 8 heteroatoms. The molecule has 0 spiro atoms. The first-order valence-corrected chi connectivity index (χ1v) is 14.2. The number of nitrogens with one attached hydrogen (secondary N) is 1. The number of hydrogen-bond acceptors (Lipinski definition) is 4. The number of carbonyl (C=O) groups is 2. The van der Waals surface area contributed by atoms with Crippen LogP contribution in [0, 0.1) is 5.82 Å². The van der Waals surface area contributed by atoms with Gasteiger partial charge >= 0.3 is 0 Å². The van der Waals surface area contributed by atoms with Crippen LogP contribution >= 0.6 is 0 Å². The molecule has 0 radical (unpaired) electrons. The molecule has 1 unspecified atom stereocenters. The molecule has 3 aromatic carbocycles. The van der Waals surface area contributed by atoms with E-state index in [2.05, 4.69) is 18.0 Å². The predicted molar refractivity (Wildman–Crippen MR) is 154 cm³/mol. The number of aromatic amines is 1. The van der Waals surface area contributed by atoms with Gasteiger partial charge in [-0.05, 0) is 67.3 Å². The topological polar surface area (TPSA) is 74.9 Å². The lowest BCUT2D eigenvalue weighted by Crippen LogP contribution is -2.67. The van der Waals surface area contributed by atoms with Crippen LogP contribution in [0.1, 0.15) is 55.5 Å². The van der Waals surface area contributed by atoms with E-state index >= 15 is 0 Å². The largest absolute Gasteiger partial charge is 0.490 e. The molecule has 2 atom stereocenters. The van der Waals surface area contributed by atoms with Gasteiger partial charge in [-0.2, -0.15) is 0 Å². The Morgan fingerprint density at radius 2 is 1.78 bits per heavy atom. The van der Waals surface area contributed by atoms with Crippen molar-refractivity contribution in [2.45, 2.75) is 45.2 Å². The molecule has 1 fully saturated rings. The van der Waals surface area contributed by atoms with Gasteiger partial charge in [-0.25, -0.2) is 4.39 Å². The summed E-state index contributed by atoms with van der Waals surface area (Å²) in [6.45, 7) is 7.46. The van der Waals surface area contributed by atoms with Gasteiger partial charge in [0.2, 0.25) is 5.91 Å². The van der Waals surface area contributed by atoms with Crippen molar-refractivity contribution in [1.82, 2.24) is 14.8 Å². The third-order valence-electron chi connectivity index (χ3n) is 8.24. The van der Waals surface area contributed by atoms with E-state index in [0.29, 0.717) is 31.3 Å². The number of benzene rings is 3. The predicted octanol–water partition coefficient (Wildman–Crippen LogP) is 5.73. The number of amides is 2. The summed E-state index contributed by atoms with van der Waals surface area (Å²) in [5.41, 5.74) is 3.18. The van der Waals surface area contributed by atoms with Crippen molar-refractivity contribution in [3.63, 3.8) is 0 Å². The number of halogens is 1. The van der Waals surface area contributed by atoms with E-state index in [-0.39, 0.29) is 36.6 Å². The Hall–Kier alpha value is -4.33. The molecule has 2 aliphatic rings. The second-order valence-electron chi connectivity index (χ2n) is 10.9. The number of piperazine rings is 1. The number of aromatic nitrogens is 1. The van der Waals surface area contributed by atoms with Gasteiger partial charge in [0.1, 0.15) is 12.4 Å². The quantitative estimate of drug-likeness (QED) is 0.302. The molecule has 2 amide bonds. The van der Waals surface area contributed by atoms with Crippen LogP contribution in [0.5, 0.6) is 11.5 Å². The molecular weight excluding hydrogens is 521 g/mol. The Kier molecular flexibility index (Phi) is 6.93. The summed E-state index contributed by atoms with van der Waals surface area (Å²) in [5, 5.41) is 1.02. The average Bonchev–Trinajstić information content (AvgIpc) is 3.37. The normalized spacial score (nSPS) is 20.2. The molecule has 0 bridgehead atoms. The van der Waals surface area contributed by atoms with Gasteiger partial charge in [-0.1, -0.05) is 43.3 Å². The standard InChI is InChI=1S/C33H34FN3O4/c1-4-16-41-27-15-12-22(17-28(27)40-5-2)25-19-37-29(38)20-36(18-21-10-13-23(34)14-11-21)32(39)33(37,3)31-30(25)24-8-6-7-9-26(24)35-31/h6-15,17,25,35H,4-5,16,18-20H2,1-3H3/t25?,33-/m0/s1. The average molecular weight is 556 g/mol. The van der Waals surface area contributed by atoms with Crippen LogP contribution in [0.25, 0.3) is 10.9 Å². The molecule has 41 heavy (non-hydrogen) atoms. The van der Waals surface area contributed by atoms with E-state index < -0.39 is 5.54 Å². The fourth-order valence-corrected chi connectivity index (χ4v) is 6.25. The van der Waals surface area contributed by atoms with Gasteiger partial charge < -0.3 is 24.3 Å². The van der Waals surface area contributed by atoms with Crippen molar-refractivity contribution in [2.75, 3.05) is 26.3 Å². The van der Waals surface area contributed by atoms with E-state index in [1.807, 2.05) is 50.2 Å². The van der Waals surface area contributed by atoms with Gasteiger partial charge in [-0.15, -0.1) is 0 Å². The lowest BCUT2D eigenvalue weighted by Gasteiger charge is -2.51. The highest BCUT2D eigenvalue weighted by atomic mass is 19.1. The number of ether oxygens (including phenoxy) is 2. The maximum Gasteiger partial charge on any atom is 0.255 e. The second-order valence-corrected chi connectivity index (χ2v) is 10.9. The van der Waals surface area contributed by atoms with Crippen molar-refractivity contribution in [3.8, 4) is 11.5 Å². The third-order valence-corrected chi connectivity index (χ3v) is 8.24. The van der Waals surface area contributed by atoms with Crippen molar-refractivity contribution < 1.29 is 23.5 Å². The molecular formula is C33H34FN3O4. The number of fused-ring (bicyclic) bond motifs is 5. The van der Waals surface area contributed by atoms with Crippen LogP contribution in [-0.4, -0.2) is 52.9 Å². The summed E-state index contributed by atoms with van der Waals surface area (Å²) in [6, 6.07) is 20.0. The van der Waals surface area contributed by atoms with E-state index in [9.17, 15) is 14.0 Å². The van der Waals surface area contributed by atoms with E-state index in [4.69, 9.17) is 9.47 Å². The number of H-pyrrole nitrogens is 1. The van der Waals surface area contributed by atoms with Crippen LogP contribution in [0.15, 0.2) is 66.7 Å². The van der Waals surface area contributed by atoms with Crippen LogP contribution < -0.4 is 9.47 Å². The molecule has 2 aliphatic heterocycles. The Morgan fingerprint density at radius 1 is 1.00 bits per heavy atom. The third kappa shape index (κ3) is 4.51. The fraction of sp³-hybridized carbons (Fsp3) is 0.333. The van der Waals surface area contributed by atoms with Gasteiger partial charge in [-0.3, -0.25) is 9.59 Å². The number of carbonyl (C=O) groups excluding carboxylic acids is 2. The molecule has 1 aromatic heterocycles. The molecule has 1 saturated heterocycles. The molecule has 3 heterocycles. The fourth-order valence-electron chi connectivity index (χ4n) is 6.25. The molecule has 0 saturated carbocycles. The first kappa shape index (κ1) is 26.9. The number of rotatable bonds is 8. The summed E-state index contributed by atoms with van der Waals surface area (Å²) >= 11 is 0. The number of nitrogens with zero attached hydrogens (tertiary/aromatic N) is 2. The minimum Gasteiger partial charge on any atom is -0.490 e. The first-order valence-electron chi connectivity index (χ1n) is 14.2. The lowest BCUT2D eigenvalue weighted by molar-refractivity contribution is -0.166. The zero-order valence-electron chi connectivity index (χ0n) is 23.6. The maximum atomic E-state index is 14.3. The van der Waals surface area contributed by atoms with Crippen LogP contribution in [-0.2, 0) is 21.7 Å². The second kappa shape index (κ2) is 10.6. The van der Waals surface area contributed by atoms with Crippen LogP contribution in [0.2, 0.25) is 0 Å². The summed E-state index contributed by atoms with van der Waals surface area (Å²) in [4.78, 5) is 34.9. The SMILES string of the molecule is CCCOc1ccc(C2CN3C(=O)CN(Cc4ccc(F)cc4)C(=O)[C@]3(C)c3[nH]c4ccccc4c32)cc1OCC. The van der Waals surface area contributed by atoms with Crippen molar-refractivity contribution in [2.24, 2.45) is 0 Å². The van der Waals surface area contributed by atoms with Gasteiger partial charge in [0.25, 0.3) is 5.91 Å². The minimum absolute atomic E-state index is 0.0396. The van der Waals surface area contributed by atoms with Gasteiger partial charge in [0.05, 0.1) is 18.9 Å². The first-order chi connectivity index (χ1) is 19.8.